The van der Waals surface area contributed by atoms with E-state index in [-0.39, 0.29) is 23.8 Å². The van der Waals surface area contributed by atoms with E-state index in [1.54, 1.807) is 4.68 Å². The van der Waals surface area contributed by atoms with Crippen LogP contribution in [0.15, 0.2) is 60.9 Å². The number of para-hydroxylation sites is 2. The zero-order valence-corrected chi connectivity index (χ0v) is 14.4. The SMILES string of the molecule is Cn1cc([C@@H]2C[C@@H]2C(=O)NC2c3ccccc3Oc3ccccc32)cn1. The van der Waals surface area contributed by atoms with E-state index < -0.39 is 0 Å². The standard InChI is InChI=1S/C21H19N3O2/c1-24-12-13(11-22-24)16-10-17(16)21(25)23-20-14-6-2-4-8-18(14)26-19-9-5-3-7-15(19)20/h2-9,11-12,16-17,20H,10H2,1H3,(H,23,25)/t16-,17-/m0/s1. The summed E-state index contributed by atoms with van der Waals surface area (Å²) < 4.78 is 7.78. The second kappa shape index (κ2) is 5.73. The third-order valence-corrected chi connectivity index (χ3v) is 5.25. The maximum atomic E-state index is 12.9. The number of carbonyl (C=O) groups excluding carboxylic acids is 1. The van der Waals surface area contributed by atoms with Crippen LogP contribution >= 0.6 is 0 Å². The van der Waals surface area contributed by atoms with E-state index in [0.717, 1.165) is 34.6 Å². The highest BCUT2D eigenvalue weighted by Gasteiger charge is 2.45. The van der Waals surface area contributed by atoms with Gasteiger partial charge in [-0.1, -0.05) is 36.4 Å². The van der Waals surface area contributed by atoms with Gasteiger partial charge in [-0.3, -0.25) is 9.48 Å². The molecule has 1 aromatic heterocycles. The summed E-state index contributed by atoms with van der Waals surface area (Å²) in [5.74, 6) is 1.98. The van der Waals surface area contributed by atoms with Crippen LogP contribution in [0, 0.1) is 5.92 Å². The molecule has 5 heteroatoms. The number of carbonyl (C=O) groups is 1. The first-order valence-electron chi connectivity index (χ1n) is 8.85. The van der Waals surface area contributed by atoms with Crippen LogP contribution < -0.4 is 10.1 Å². The molecule has 2 atom stereocenters. The molecule has 1 amide bonds. The van der Waals surface area contributed by atoms with Crippen LogP contribution in [0.25, 0.3) is 0 Å². The first-order chi connectivity index (χ1) is 12.7. The van der Waals surface area contributed by atoms with Crippen LogP contribution in [-0.4, -0.2) is 15.7 Å². The molecule has 1 aliphatic heterocycles. The Balaban J connectivity index is 1.41. The van der Waals surface area contributed by atoms with E-state index in [0.29, 0.717) is 0 Å². The highest BCUT2D eigenvalue weighted by molar-refractivity contribution is 5.84. The molecule has 130 valence electrons. The Kier molecular flexibility index (Phi) is 3.35. The summed E-state index contributed by atoms with van der Waals surface area (Å²) >= 11 is 0. The van der Waals surface area contributed by atoms with Crippen LogP contribution in [0.2, 0.25) is 0 Å². The molecule has 0 bridgehead atoms. The van der Waals surface area contributed by atoms with Gasteiger partial charge in [0.05, 0.1) is 12.2 Å². The lowest BCUT2D eigenvalue weighted by Crippen LogP contribution is -2.32. The monoisotopic (exact) mass is 345 g/mol. The van der Waals surface area contributed by atoms with E-state index in [1.807, 2.05) is 68.0 Å². The zero-order valence-electron chi connectivity index (χ0n) is 14.4. The molecule has 1 aliphatic carbocycles. The fourth-order valence-corrected chi connectivity index (χ4v) is 3.80. The summed E-state index contributed by atoms with van der Waals surface area (Å²) in [4.78, 5) is 12.9. The van der Waals surface area contributed by atoms with Crippen molar-refractivity contribution in [3.63, 3.8) is 0 Å². The minimum atomic E-state index is -0.182. The molecule has 1 N–H and O–H groups in total. The Labute approximate surface area is 151 Å². The Bertz CT molecular complexity index is 949. The van der Waals surface area contributed by atoms with E-state index in [4.69, 9.17) is 4.74 Å². The number of fused-ring (bicyclic) bond motifs is 2. The number of benzene rings is 2. The van der Waals surface area contributed by atoms with Crippen molar-refractivity contribution in [3.05, 3.63) is 77.6 Å². The Morgan fingerprint density at radius 3 is 2.38 bits per heavy atom. The molecule has 1 fully saturated rings. The molecular formula is C21H19N3O2. The highest BCUT2D eigenvalue weighted by Crippen LogP contribution is 2.49. The van der Waals surface area contributed by atoms with Crippen molar-refractivity contribution in [1.29, 1.82) is 0 Å². The first-order valence-corrected chi connectivity index (χ1v) is 8.85. The molecule has 3 aromatic rings. The zero-order chi connectivity index (χ0) is 17.7. The predicted molar refractivity (Wildman–Crippen MR) is 97.0 cm³/mol. The summed E-state index contributed by atoms with van der Waals surface area (Å²) in [6.07, 6.45) is 4.73. The van der Waals surface area contributed by atoms with Gasteiger partial charge in [-0.25, -0.2) is 0 Å². The lowest BCUT2D eigenvalue weighted by molar-refractivity contribution is -0.122. The Hall–Kier alpha value is -3.08. The van der Waals surface area contributed by atoms with Gasteiger partial charge in [-0.2, -0.15) is 5.10 Å². The largest absolute Gasteiger partial charge is 0.457 e. The van der Waals surface area contributed by atoms with Crippen LogP contribution in [0.3, 0.4) is 0 Å². The van der Waals surface area contributed by atoms with Crippen molar-refractivity contribution in [2.45, 2.75) is 18.4 Å². The number of hydrogen-bond acceptors (Lipinski definition) is 3. The number of nitrogens with one attached hydrogen (secondary N) is 1. The van der Waals surface area contributed by atoms with Crippen LogP contribution in [0.1, 0.15) is 35.1 Å². The molecule has 2 aliphatic rings. The molecule has 2 heterocycles. The van der Waals surface area contributed by atoms with Gasteiger partial charge in [-0.05, 0) is 30.0 Å². The summed E-state index contributed by atoms with van der Waals surface area (Å²) in [6.45, 7) is 0. The third-order valence-electron chi connectivity index (χ3n) is 5.25. The summed E-state index contributed by atoms with van der Waals surface area (Å²) in [6, 6.07) is 15.6. The number of ether oxygens (including phenoxy) is 1. The molecule has 5 nitrogen and oxygen atoms in total. The maximum absolute atomic E-state index is 12.9. The summed E-state index contributed by atoms with van der Waals surface area (Å²) in [5, 5.41) is 7.47. The molecule has 0 spiro atoms. The van der Waals surface area contributed by atoms with Crippen LogP contribution in [0.4, 0.5) is 0 Å². The average Bonchev–Trinajstić information content (AvgIpc) is 3.35. The van der Waals surface area contributed by atoms with Gasteiger partial charge in [0.15, 0.2) is 0 Å². The smallest absolute Gasteiger partial charge is 0.224 e. The fourth-order valence-electron chi connectivity index (χ4n) is 3.80. The first kappa shape index (κ1) is 15.2. The van der Waals surface area contributed by atoms with Gasteiger partial charge >= 0.3 is 0 Å². The normalized spacial score (nSPS) is 20.7. The number of amides is 1. The number of aryl methyl sites for hydroxylation is 1. The van der Waals surface area contributed by atoms with Gasteiger partial charge < -0.3 is 10.1 Å². The van der Waals surface area contributed by atoms with Crippen molar-refractivity contribution in [2.75, 3.05) is 0 Å². The second-order valence-electron chi connectivity index (χ2n) is 7.02. The minimum Gasteiger partial charge on any atom is -0.457 e. The van der Waals surface area contributed by atoms with Crippen LogP contribution in [-0.2, 0) is 11.8 Å². The molecule has 2 aromatic carbocycles. The van der Waals surface area contributed by atoms with E-state index in [1.165, 1.54) is 0 Å². The third kappa shape index (κ3) is 2.47. The molecule has 0 unspecified atom stereocenters. The van der Waals surface area contributed by atoms with Crippen molar-refractivity contribution in [3.8, 4) is 11.5 Å². The second-order valence-corrected chi connectivity index (χ2v) is 7.02. The Morgan fingerprint density at radius 2 is 1.77 bits per heavy atom. The van der Waals surface area contributed by atoms with Gasteiger partial charge in [0, 0.05) is 30.3 Å². The van der Waals surface area contributed by atoms with Crippen molar-refractivity contribution < 1.29 is 9.53 Å². The number of aromatic nitrogens is 2. The molecule has 0 radical (unpaired) electrons. The number of hydrogen-bond donors (Lipinski definition) is 1. The topological polar surface area (TPSA) is 56.2 Å². The van der Waals surface area contributed by atoms with E-state index in [2.05, 4.69) is 10.4 Å². The molecule has 1 saturated carbocycles. The van der Waals surface area contributed by atoms with E-state index >= 15 is 0 Å². The van der Waals surface area contributed by atoms with Gasteiger partial charge in [-0.15, -0.1) is 0 Å². The lowest BCUT2D eigenvalue weighted by atomic mass is 9.94. The van der Waals surface area contributed by atoms with E-state index in [9.17, 15) is 4.79 Å². The van der Waals surface area contributed by atoms with Gasteiger partial charge in [0.25, 0.3) is 0 Å². The average molecular weight is 345 g/mol. The Morgan fingerprint density at radius 1 is 1.12 bits per heavy atom. The molecule has 5 rings (SSSR count). The summed E-state index contributed by atoms with van der Waals surface area (Å²) in [7, 11) is 1.90. The van der Waals surface area contributed by atoms with Crippen molar-refractivity contribution in [2.24, 2.45) is 13.0 Å². The molecule has 0 saturated heterocycles. The summed E-state index contributed by atoms with van der Waals surface area (Å²) in [5.41, 5.74) is 3.14. The molecular weight excluding hydrogens is 326 g/mol. The van der Waals surface area contributed by atoms with Gasteiger partial charge in [0.2, 0.25) is 5.91 Å². The predicted octanol–water partition coefficient (Wildman–Crippen LogP) is 3.54. The maximum Gasteiger partial charge on any atom is 0.224 e. The van der Waals surface area contributed by atoms with Gasteiger partial charge in [0.1, 0.15) is 11.5 Å². The minimum absolute atomic E-state index is 0.0152. The molecule has 26 heavy (non-hydrogen) atoms. The quantitative estimate of drug-likeness (QED) is 0.790. The van der Waals surface area contributed by atoms with Crippen molar-refractivity contribution in [1.82, 2.24) is 15.1 Å². The van der Waals surface area contributed by atoms with Crippen LogP contribution in [0.5, 0.6) is 11.5 Å². The number of rotatable bonds is 3. The lowest BCUT2D eigenvalue weighted by Gasteiger charge is -2.28. The van der Waals surface area contributed by atoms with Crippen molar-refractivity contribution >= 4 is 5.91 Å². The fraction of sp³-hybridized carbons (Fsp3) is 0.238. The highest BCUT2D eigenvalue weighted by atomic mass is 16.5. The number of nitrogens with zero attached hydrogens (tertiary/aromatic N) is 2.